The molecule has 1 aromatic carbocycles. The third kappa shape index (κ3) is 1.81. The molecule has 4 heteroatoms. The number of carbonyl (C=O) groups is 1. The first-order valence-corrected chi connectivity index (χ1v) is 3.34. The first kappa shape index (κ1) is 7.81. The van der Waals surface area contributed by atoms with Crippen molar-refractivity contribution in [3.8, 4) is 0 Å². The van der Waals surface area contributed by atoms with E-state index in [-0.39, 0.29) is 0 Å². The minimum Gasteiger partial charge on any atom is -0.366 e. The van der Waals surface area contributed by atoms with E-state index in [1.807, 2.05) is 0 Å². The van der Waals surface area contributed by atoms with E-state index in [4.69, 9.17) is 5.73 Å². The summed E-state index contributed by atoms with van der Waals surface area (Å²) >= 11 is 4.44. The van der Waals surface area contributed by atoms with E-state index in [0.717, 1.165) is 0 Å². The van der Waals surface area contributed by atoms with Gasteiger partial charge in [0.1, 0.15) is 0 Å². The smallest absolute Gasteiger partial charge is 0.248 e. The molecule has 11 heavy (non-hydrogen) atoms. The molecule has 0 atom stereocenters. The van der Waals surface area contributed by atoms with Gasteiger partial charge in [0.25, 0.3) is 0 Å². The van der Waals surface area contributed by atoms with Crippen LogP contribution < -0.4 is 5.73 Å². The predicted octanol–water partition coefficient (Wildman–Crippen LogP) is 1.15. The van der Waals surface area contributed by atoms with Gasteiger partial charge >= 0.3 is 0 Å². The van der Waals surface area contributed by atoms with Crippen LogP contribution in [0.2, 0.25) is 0 Å². The lowest BCUT2D eigenvalue weighted by Gasteiger charge is -1.93. The van der Waals surface area contributed by atoms with E-state index in [9.17, 15) is 4.79 Å². The maximum absolute atomic E-state index is 10.6. The van der Waals surface area contributed by atoms with Gasteiger partial charge in [0.05, 0.1) is 5.69 Å². The summed E-state index contributed by atoms with van der Waals surface area (Å²) in [6, 6.07) is 6.47. The molecule has 0 heterocycles. The van der Waals surface area contributed by atoms with Crippen LogP contribution in [-0.2, 0) is 12.4 Å². The minimum atomic E-state index is -0.444. The third-order valence-corrected chi connectivity index (χ3v) is 1.47. The summed E-state index contributed by atoms with van der Waals surface area (Å²) in [5, 5.41) is 0. The highest BCUT2D eigenvalue weighted by Crippen LogP contribution is 2.11. The van der Waals surface area contributed by atoms with E-state index >= 15 is 0 Å². The first-order valence-electron chi connectivity index (χ1n) is 2.97. The second-order valence-electron chi connectivity index (χ2n) is 2.00. The van der Waals surface area contributed by atoms with Gasteiger partial charge in [-0.25, -0.2) is 0 Å². The quantitative estimate of drug-likeness (QED) is 0.716. The maximum Gasteiger partial charge on any atom is 0.248 e. The first-order chi connectivity index (χ1) is 5.24. The molecular weight excluding hydrogens is 160 g/mol. The molecule has 0 bridgehead atoms. The van der Waals surface area contributed by atoms with Crippen LogP contribution in [0.4, 0.5) is 5.69 Å². The second kappa shape index (κ2) is 3.21. The van der Waals surface area contributed by atoms with Crippen molar-refractivity contribution in [1.29, 1.82) is 0 Å². The SMILES string of the molecule is NC(=O)c1ccc(N=S)cc1. The number of benzene rings is 1. The molecular formula is C7H6N2OS. The summed E-state index contributed by atoms with van der Waals surface area (Å²) in [5.74, 6) is -0.444. The van der Waals surface area contributed by atoms with Gasteiger partial charge in [-0.05, 0) is 24.3 Å². The average molecular weight is 166 g/mol. The molecule has 0 aliphatic carbocycles. The van der Waals surface area contributed by atoms with E-state index in [0.29, 0.717) is 11.3 Å². The molecule has 0 radical (unpaired) electrons. The monoisotopic (exact) mass is 166 g/mol. The van der Waals surface area contributed by atoms with Crippen LogP contribution in [0.25, 0.3) is 0 Å². The summed E-state index contributed by atoms with van der Waals surface area (Å²) in [7, 11) is 0. The lowest BCUT2D eigenvalue weighted by Crippen LogP contribution is -2.10. The Kier molecular flexibility index (Phi) is 2.28. The molecule has 0 aliphatic heterocycles. The lowest BCUT2D eigenvalue weighted by atomic mass is 10.2. The summed E-state index contributed by atoms with van der Waals surface area (Å²) < 4.78 is 3.50. The zero-order valence-electron chi connectivity index (χ0n) is 5.65. The molecule has 0 fully saturated rings. The van der Waals surface area contributed by atoms with Crippen LogP contribution in [-0.4, -0.2) is 5.91 Å². The Bertz CT molecular complexity index is 281. The fraction of sp³-hybridized carbons (Fsp3) is 0. The summed E-state index contributed by atoms with van der Waals surface area (Å²) in [6.45, 7) is 0. The molecule has 0 aliphatic rings. The van der Waals surface area contributed by atoms with Gasteiger partial charge in [0, 0.05) is 18.0 Å². The molecule has 0 aromatic heterocycles. The zero-order chi connectivity index (χ0) is 8.27. The van der Waals surface area contributed by atoms with E-state index < -0.39 is 5.91 Å². The van der Waals surface area contributed by atoms with Crippen molar-refractivity contribution in [2.24, 2.45) is 10.1 Å². The Balaban J connectivity index is 3.00. The standard InChI is InChI=1S/C7H6N2OS/c8-7(10)5-1-3-6(9-11)4-2-5/h1-4H,(H2,8,10). The van der Waals surface area contributed by atoms with E-state index in [2.05, 4.69) is 16.8 Å². The van der Waals surface area contributed by atoms with Crippen LogP contribution in [0.15, 0.2) is 28.6 Å². The molecule has 1 amide bonds. The zero-order valence-corrected chi connectivity index (χ0v) is 6.47. The van der Waals surface area contributed by atoms with Crippen molar-refractivity contribution in [3.05, 3.63) is 29.8 Å². The Morgan fingerprint density at radius 3 is 2.27 bits per heavy atom. The molecule has 0 saturated carbocycles. The van der Waals surface area contributed by atoms with Gasteiger partial charge in [-0.1, -0.05) is 0 Å². The average Bonchev–Trinajstić information content (AvgIpc) is 2.05. The van der Waals surface area contributed by atoms with Gasteiger partial charge in [-0.2, -0.15) is 4.36 Å². The summed E-state index contributed by atoms with van der Waals surface area (Å²) in [4.78, 5) is 10.6. The molecule has 0 unspecified atom stereocenters. The van der Waals surface area contributed by atoms with Gasteiger partial charge in [-0.15, -0.1) is 0 Å². The molecule has 3 nitrogen and oxygen atoms in total. The molecule has 56 valence electrons. The van der Waals surface area contributed by atoms with Crippen LogP contribution in [0, 0.1) is 0 Å². The maximum atomic E-state index is 10.6. The van der Waals surface area contributed by atoms with Gasteiger partial charge in [0.15, 0.2) is 0 Å². The fourth-order valence-electron chi connectivity index (χ4n) is 0.687. The Morgan fingerprint density at radius 1 is 1.36 bits per heavy atom. The lowest BCUT2D eigenvalue weighted by molar-refractivity contribution is 0.100. The molecule has 1 aromatic rings. The van der Waals surface area contributed by atoms with Crippen molar-refractivity contribution in [1.82, 2.24) is 0 Å². The highest BCUT2D eigenvalue weighted by molar-refractivity contribution is 7.47. The van der Waals surface area contributed by atoms with Gasteiger partial charge < -0.3 is 5.73 Å². The Hall–Kier alpha value is -1.29. The highest BCUT2D eigenvalue weighted by atomic mass is 32.1. The van der Waals surface area contributed by atoms with Crippen molar-refractivity contribution < 1.29 is 4.79 Å². The van der Waals surface area contributed by atoms with Crippen LogP contribution in [0.3, 0.4) is 0 Å². The van der Waals surface area contributed by atoms with Crippen LogP contribution in [0.5, 0.6) is 0 Å². The predicted molar refractivity (Wildman–Crippen MR) is 44.4 cm³/mol. The van der Waals surface area contributed by atoms with Crippen molar-refractivity contribution in [2.45, 2.75) is 0 Å². The summed E-state index contributed by atoms with van der Waals surface area (Å²) in [5.41, 5.74) is 6.13. The molecule has 1 rings (SSSR count). The second-order valence-corrected chi connectivity index (χ2v) is 2.18. The Labute approximate surface area is 69.4 Å². The van der Waals surface area contributed by atoms with Gasteiger partial charge in [0.2, 0.25) is 5.91 Å². The largest absolute Gasteiger partial charge is 0.366 e. The van der Waals surface area contributed by atoms with Crippen LogP contribution >= 0.6 is 0 Å². The molecule has 0 spiro atoms. The van der Waals surface area contributed by atoms with E-state index in [1.54, 1.807) is 24.3 Å². The van der Waals surface area contributed by atoms with Crippen molar-refractivity contribution in [3.63, 3.8) is 0 Å². The number of nitrogens with zero attached hydrogens (tertiary/aromatic N) is 1. The molecule has 0 saturated heterocycles. The number of primary amides is 1. The van der Waals surface area contributed by atoms with E-state index in [1.165, 1.54) is 0 Å². The van der Waals surface area contributed by atoms with Crippen LogP contribution in [0.1, 0.15) is 10.4 Å². The van der Waals surface area contributed by atoms with Gasteiger partial charge in [-0.3, -0.25) is 4.79 Å². The van der Waals surface area contributed by atoms with Crippen molar-refractivity contribution >= 4 is 24.0 Å². The molecule has 2 N–H and O–H groups in total. The number of nitrogens with two attached hydrogens (primary N) is 1. The summed E-state index contributed by atoms with van der Waals surface area (Å²) in [6.07, 6.45) is 0. The van der Waals surface area contributed by atoms with Crippen molar-refractivity contribution in [2.75, 3.05) is 0 Å². The minimum absolute atomic E-state index is 0.444. The number of amides is 1. The number of hydrogen-bond acceptors (Lipinski definition) is 3. The number of hydrogen-bond donors (Lipinski definition) is 1. The third-order valence-electron chi connectivity index (χ3n) is 1.26. The number of carbonyl (C=O) groups excluding carboxylic acids is 1. The highest BCUT2D eigenvalue weighted by Gasteiger charge is 1.97. The number of rotatable bonds is 2. The topological polar surface area (TPSA) is 55.5 Å². The fourth-order valence-corrected chi connectivity index (χ4v) is 0.808. The normalized spacial score (nSPS) is 9.09. The Morgan fingerprint density at radius 2 is 1.91 bits per heavy atom.